The Balaban J connectivity index is 1.45. The molecule has 34 heavy (non-hydrogen) atoms. The number of Topliss-reactive ketones (excluding diaryl/α,β-unsaturated/α-hetero) is 1. The normalized spacial score (nSPS) is 17.2. The van der Waals surface area contributed by atoms with Gasteiger partial charge in [0.2, 0.25) is 6.29 Å². The summed E-state index contributed by atoms with van der Waals surface area (Å²) >= 11 is 0. The third-order valence-electron chi connectivity index (χ3n) is 6.11. The van der Waals surface area contributed by atoms with E-state index in [1.54, 1.807) is 18.2 Å². The predicted molar refractivity (Wildman–Crippen MR) is 128 cm³/mol. The van der Waals surface area contributed by atoms with Gasteiger partial charge in [-0.15, -0.1) is 0 Å². The predicted octanol–water partition coefficient (Wildman–Crippen LogP) is 5.09. The molecule has 0 fully saturated rings. The van der Waals surface area contributed by atoms with Crippen LogP contribution in [-0.2, 0) is 15.9 Å². The van der Waals surface area contributed by atoms with Crippen molar-refractivity contribution >= 4 is 22.7 Å². The fraction of sp³-hybridized carbons (Fsp3) is 0.179. The first-order valence-corrected chi connectivity index (χ1v) is 11.0. The number of rotatable bonds is 5. The summed E-state index contributed by atoms with van der Waals surface area (Å²) in [6.45, 7) is 0. The van der Waals surface area contributed by atoms with E-state index in [4.69, 9.17) is 19.2 Å². The van der Waals surface area contributed by atoms with Crippen LogP contribution in [0.1, 0.15) is 26.3 Å². The van der Waals surface area contributed by atoms with Gasteiger partial charge >= 0.3 is 5.97 Å². The van der Waals surface area contributed by atoms with E-state index in [-0.39, 0.29) is 5.78 Å². The minimum absolute atomic E-state index is 0.0483. The Morgan fingerprint density at radius 1 is 0.971 bits per heavy atom. The molecule has 1 aliphatic rings. The molecule has 0 radical (unpaired) electrons. The Hall–Kier alpha value is -4.03. The first-order valence-electron chi connectivity index (χ1n) is 11.0. The van der Waals surface area contributed by atoms with E-state index in [9.17, 15) is 9.59 Å². The second-order valence-electron chi connectivity index (χ2n) is 8.19. The van der Waals surface area contributed by atoms with Gasteiger partial charge in [-0.2, -0.15) is 0 Å². The SMILES string of the molecule is COC(=O)c1ccc(CC2C(=O)c3cc(-c4ccc5ccccc5n4)ccc3OC2OC)cc1. The Morgan fingerprint density at radius 2 is 1.76 bits per heavy atom. The van der Waals surface area contributed by atoms with Crippen LogP contribution in [-0.4, -0.2) is 37.2 Å². The summed E-state index contributed by atoms with van der Waals surface area (Å²) in [7, 11) is 2.88. The van der Waals surface area contributed by atoms with Crippen LogP contribution in [0.15, 0.2) is 78.9 Å². The Kier molecular flexibility index (Phi) is 5.82. The van der Waals surface area contributed by atoms with Crippen molar-refractivity contribution < 1.29 is 23.8 Å². The van der Waals surface area contributed by atoms with Crippen molar-refractivity contribution in [2.24, 2.45) is 5.92 Å². The van der Waals surface area contributed by atoms with Crippen molar-refractivity contribution in [2.45, 2.75) is 12.7 Å². The maximum atomic E-state index is 13.6. The van der Waals surface area contributed by atoms with E-state index in [0.717, 1.165) is 27.7 Å². The fourth-order valence-electron chi connectivity index (χ4n) is 4.29. The van der Waals surface area contributed by atoms with Gasteiger partial charge in [0.15, 0.2) is 5.78 Å². The molecule has 0 saturated heterocycles. The largest absolute Gasteiger partial charge is 0.465 e. The van der Waals surface area contributed by atoms with Crippen LogP contribution >= 0.6 is 0 Å². The zero-order valence-corrected chi connectivity index (χ0v) is 18.9. The number of methoxy groups -OCH3 is 2. The standard InChI is InChI=1S/C28H23NO5/c1-32-27(31)19-9-7-17(8-10-19)15-22-26(30)21-16-20(12-14-25(21)34-28(22)33-2)24-13-11-18-5-3-4-6-23(18)29-24/h3-14,16,22,28H,15H2,1-2H3. The van der Waals surface area contributed by atoms with Gasteiger partial charge in [-0.25, -0.2) is 9.78 Å². The summed E-state index contributed by atoms with van der Waals surface area (Å²) in [4.78, 5) is 30.0. The highest BCUT2D eigenvalue weighted by molar-refractivity contribution is 6.02. The van der Waals surface area contributed by atoms with Crippen LogP contribution in [0.25, 0.3) is 22.2 Å². The summed E-state index contributed by atoms with van der Waals surface area (Å²) in [5.41, 5.74) is 4.40. The lowest BCUT2D eigenvalue weighted by atomic mass is 9.87. The third-order valence-corrected chi connectivity index (χ3v) is 6.11. The highest BCUT2D eigenvalue weighted by Gasteiger charge is 2.37. The molecule has 4 aromatic rings. The van der Waals surface area contributed by atoms with Crippen LogP contribution in [0.2, 0.25) is 0 Å². The number of hydrogen-bond donors (Lipinski definition) is 0. The number of pyridine rings is 1. The summed E-state index contributed by atoms with van der Waals surface area (Å²) in [5, 5.41) is 1.06. The molecule has 2 unspecified atom stereocenters. The second kappa shape index (κ2) is 9.08. The molecule has 0 aliphatic carbocycles. The van der Waals surface area contributed by atoms with Gasteiger partial charge in [-0.05, 0) is 54.4 Å². The lowest BCUT2D eigenvalue weighted by molar-refractivity contribution is -0.0881. The molecule has 0 saturated carbocycles. The average molecular weight is 453 g/mol. The number of para-hydroxylation sites is 1. The van der Waals surface area contributed by atoms with Crippen LogP contribution in [0.3, 0.4) is 0 Å². The highest BCUT2D eigenvalue weighted by atomic mass is 16.7. The maximum absolute atomic E-state index is 13.6. The number of carbonyl (C=O) groups is 2. The first-order chi connectivity index (χ1) is 16.6. The topological polar surface area (TPSA) is 74.7 Å². The number of hydrogen-bond acceptors (Lipinski definition) is 6. The summed E-state index contributed by atoms with van der Waals surface area (Å²) in [5.74, 6) is -0.477. The van der Waals surface area contributed by atoms with Crippen molar-refractivity contribution in [1.29, 1.82) is 0 Å². The van der Waals surface area contributed by atoms with E-state index in [2.05, 4.69) is 0 Å². The van der Waals surface area contributed by atoms with Crippen molar-refractivity contribution in [2.75, 3.05) is 14.2 Å². The molecule has 0 bridgehead atoms. The molecule has 170 valence electrons. The summed E-state index contributed by atoms with van der Waals surface area (Å²) < 4.78 is 16.3. The molecule has 0 spiro atoms. The first kappa shape index (κ1) is 21.8. The number of esters is 1. The smallest absolute Gasteiger partial charge is 0.337 e. The van der Waals surface area contributed by atoms with Gasteiger partial charge in [-0.1, -0.05) is 36.4 Å². The average Bonchev–Trinajstić information content (AvgIpc) is 2.89. The highest BCUT2D eigenvalue weighted by Crippen LogP contribution is 2.36. The lowest BCUT2D eigenvalue weighted by Crippen LogP contribution is -2.40. The van der Waals surface area contributed by atoms with Gasteiger partial charge in [0.25, 0.3) is 0 Å². The second-order valence-corrected chi connectivity index (χ2v) is 8.19. The molecule has 0 amide bonds. The van der Waals surface area contributed by atoms with E-state index in [1.807, 2.05) is 60.7 Å². The van der Waals surface area contributed by atoms with Crippen LogP contribution in [0, 0.1) is 5.92 Å². The Bertz CT molecular complexity index is 1380. The van der Waals surface area contributed by atoms with Gasteiger partial charge in [-0.3, -0.25) is 4.79 Å². The van der Waals surface area contributed by atoms with Gasteiger partial charge in [0.05, 0.1) is 35.4 Å². The Morgan fingerprint density at radius 3 is 2.53 bits per heavy atom. The number of aromatic nitrogens is 1. The van der Waals surface area contributed by atoms with Crippen LogP contribution in [0.4, 0.5) is 0 Å². The number of ether oxygens (including phenoxy) is 3. The molecule has 1 aliphatic heterocycles. The van der Waals surface area contributed by atoms with Gasteiger partial charge < -0.3 is 14.2 Å². The van der Waals surface area contributed by atoms with Crippen LogP contribution in [0.5, 0.6) is 5.75 Å². The third kappa shape index (κ3) is 4.04. The molecule has 5 rings (SSSR count). The molecular formula is C28H23NO5. The van der Waals surface area contributed by atoms with Gasteiger partial charge in [0, 0.05) is 18.1 Å². The molecule has 2 atom stereocenters. The van der Waals surface area contributed by atoms with Crippen molar-refractivity contribution in [3.8, 4) is 17.0 Å². The zero-order chi connectivity index (χ0) is 23.7. The van der Waals surface area contributed by atoms with Crippen molar-refractivity contribution in [3.63, 3.8) is 0 Å². The number of fused-ring (bicyclic) bond motifs is 2. The molecule has 3 aromatic carbocycles. The Labute approximate surface area is 197 Å². The number of ketones is 1. The molecule has 1 aromatic heterocycles. The van der Waals surface area contributed by atoms with Crippen LogP contribution < -0.4 is 4.74 Å². The van der Waals surface area contributed by atoms with Crippen molar-refractivity contribution in [1.82, 2.24) is 4.98 Å². The number of nitrogens with zero attached hydrogens (tertiary/aromatic N) is 1. The summed E-state index contributed by atoms with van der Waals surface area (Å²) in [6, 6.07) is 24.5. The molecule has 2 heterocycles. The van der Waals surface area contributed by atoms with E-state index in [0.29, 0.717) is 23.3 Å². The quantitative estimate of drug-likeness (QED) is 0.392. The number of carbonyl (C=O) groups excluding carboxylic acids is 2. The lowest BCUT2D eigenvalue weighted by Gasteiger charge is -2.31. The van der Waals surface area contributed by atoms with E-state index in [1.165, 1.54) is 14.2 Å². The zero-order valence-electron chi connectivity index (χ0n) is 18.9. The number of benzene rings is 3. The molecule has 6 nitrogen and oxygen atoms in total. The van der Waals surface area contributed by atoms with E-state index >= 15 is 0 Å². The molecular weight excluding hydrogens is 430 g/mol. The molecule has 6 heteroatoms. The van der Waals surface area contributed by atoms with Crippen molar-refractivity contribution in [3.05, 3.63) is 95.6 Å². The van der Waals surface area contributed by atoms with Gasteiger partial charge in [0.1, 0.15) is 5.75 Å². The monoisotopic (exact) mass is 453 g/mol. The molecule has 0 N–H and O–H groups in total. The maximum Gasteiger partial charge on any atom is 0.337 e. The minimum atomic E-state index is -0.704. The minimum Gasteiger partial charge on any atom is -0.465 e. The van der Waals surface area contributed by atoms with E-state index < -0.39 is 18.2 Å². The summed E-state index contributed by atoms with van der Waals surface area (Å²) in [6.07, 6.45) is -0.290. The fourth-order valence-corrected chi connectivity index (χ4v) is 4.29.